The van der Waals surface area contributed by atoms with Crippen LogP contribution < -0.4 is 5.32 Å². The highest BCUT2D eigenvalue weighted by Crippen LogP contribution is 2.30. The van der Waals surface area contributed by atoms with Crippen LogP contribution in [-0.2, 0) is 9.84 Å². The van der Waals surface area contributed by atoms with Crippen molar-refractivity contribution in [2.75, 3.05) is 18.6 Å². The Balaban J connectivity index is 1.93. The number of nitrogens with one attached hydrogen (secondary N) is 1. The van der Waals surface area contributed by atoms with E-state index in [0.29, 0.717) is 22.0 Å². The first-order valence-electron chi connectivity index (χ1n) is 8.66. The molecule has 2 amide bonds. The van der Waals surface area contributed by atoms with Crippen LogP contribution in [0.3, 0.4) is 0 Å². The van der Waals surface area contributed by atoms with Gasteiger partial charge in [0.1, 0.15) is 5.82 Å². The number of nitrogens with zero attached hydrogens (tertiary/aromatic N) is 2. The van der Waals surface area contributed by atoms with Gasteiger partial charge in [-0.2, -0.15) is 0 Å². The first kappa shape index (κ1) is 21.0. The van der Waals surface area contributed by atoms with E-state index in [1.54, 1.807) is 38.2 Å². The summed E-state index contributed by atoms with van der Waals surface area (Å²) < 4.78 is 37.4. The number of fused-ring (bicyclic) bond motifs is 1. The number of carbonyl (C=O) groups is 1. The summed E-state index contributed by atoms with van der Waals surface area (Å²) in [4.78, 5) is 18.2. The van der Waals surface area contributed by atoms with Crippen LogP contribution in [0.5, 0.6) is 0 Å². The van der Waals surface area contributed by atoms with E-state index in [1.807, 2.05) is 0 Å². The van der Waals surface area contributed by atoms with Crippen LogP contribution >= 0.6 is 11.6 Å². The fraction of sp³-hybridized carbons (Fsp3) is 0.200. The maximum absolute atomic E-state index is 13.3. The Morgan fingerprint density at radius 1 is 1.21 bits per heavy atom. The Labute approximate surface area is 173 Å². The number of pyridine rings is 1. The molecule has 2 aromatic carbocycles. The first-order chi connectivity index (χ1) is 13.6. The highest BCUT2D eigenvalue weighted by atomic mass is 35.5. The number of sulfone groups is 1. The second kappa shape index (κ2) is 7.96. The summed E-state index contributed by atoms with van der Waals surface area (Å²) in [7, 11) is -1.90. The van der Waals surface area contributed by atoms with E-state index in [9.17, 15) is 17.6 Å². The molecule has 0 radical (unpaired) electrons. The van der Waals surface area contributed by atoms with Crippen molar-refractivity contribution in [3.63, 3.8) is 0 Å². The van der Waals surface area contributed by atoms with Gasteiger partial charge in [-0.05, 0) is 30.5 Å². The molecule has 9 heteroatoms. The third-order valence-corrected chi connectivity index (χ3v) is 5.98. The smallest absolute Gasteiger partial charge is 0.321 e. The minimum absolute atomic E-state index is 0.00268. The molecule has 29 heavy (non-hydrogen) atoms. The molecular formula is C20H19ClFN3O3S. The van der Waals surface area contributed by atoms with Crippen molar-refractivity contribution in [2.45, 2.75) is 18.0 Å². The molecule has 152 valence electrons. The number of rotatable bonds is 4. The van der Waals surface area contributed by atoms with E-state index < -0.39 is 27.7 Å². The number of halogens is 2. The second-order valence-corrected chi connectivity index (χ2v) is 9.02. The van der Waals surface area contributed by atoms with Crippen molar-refractivity contribution in [1.29, 1.82) is 0 Å². The molecule has 1 atom stereocenters. The normalized spacial score (nSPS) is 12.6. The molecule has 3 aromatic rings. The molecule has 0 saturated carbocycles. The fourth-order valence-electron chi connectivity index (χ4n) is 2.99. The highest BCUT2D eigenvalue weighted by Gasteiger charge is 2.23. The van der Waals surface area contributed by atoms with E-state index in [2.05, 4.69) is 10.3 Å². The van der Waals surface area contributed by atoms with E-state index in [1.165, 1.54) is 29.3 Å². The van der Waals surface area contributed by atoms with Gasteiger partial charge < -0.3 is 10.2 Å². The van der Waals surface area contributed by atoms with Crippen molar-refractivity contribution in [1.82, 2.24) is 9.88 Å². The molecule has 6 nitrogen and oxygen atoms in total. The lowest BCUT2D eigenvalue weighted by Crippen LogP contribution is -2.33. The molecular weight excluding hydrogens is 417 g/mol. The number of urea groups is 1. The summed E-state index contributed by atoms with van der Waals surface area (Å²) in [6.45, 7) is 1.81. The number of benzene rings is 2. The lowest BCUT2D eigenvalue weighted by Gasteiger charge is -2.26. The van der Waals surface area contributed by atoms with E-state index in [4.69, 9.17) is 11.6 Å². The molecule has 0 saturated heterocycles. The van der Waals surface area contributed by atoms with Gasteiger partial charge in [0.15, 0.2) is 14.9 Å². The van der Waals surface area contributed by atoms with Gasteiger partial charge in [-0.15, -0.1) is 0 Å². The Morgan fingerprint density at radius 3 is 2.48 bits per heavy atom. The van der Waals surface area contributed by atoms with Gasteiger partial charge in [0, 0.05) is 36.1 Å². The van der Waals surface area contributed by atoms with Gasteiger partial charge in [0.25, 0.3) is 0 Å². The van der Waals surface area contributed by atoms with Crippen molar-refractivity contribution < 1.29 is 17.6 Å². The standard InChI is InChI=1S/C20H19ClFN3O3S/c1-12(25(2)20(26)24-13-8-9-18(22)17(21)10-13)16-11-23-19(29(3,27)28)15-7-5-4-6-14(15)16/h4-12H,1-3H3,(H,24,26)/t12-/m0/s1. The summed E-state index contributed by atoms with van der Waals surface area (Å²) in [5.41, 5.74) is 1.05. The molecule has 1 aromatic heterocycles. The summed E-state index contributed by atoms with van der Waals surface area (Å²) in [6.07, 6.45) is 2.58. The summed E-state index contributed by atoms with van der Waals surface area (Å²) in [6, 6.07) is 10.1. The quantitative estimate of drug-likeness (QED) is 0.646. The first-order valence-corrected chi connectivity index (χ1v) is 10.9. The summed E-state index contributed by atoms with van der Waals surface area (Å²) in [5.74, 6) is -0.574. The molecule has 0 aliphatic heterocycles. The van der Waals surface area contributed by atoms with Gasteiger partial charge in [-0.25, -0.2) is 22.6 Å². The van der Waals surface area contributed by atoms with E-state index >= 15 is 0 Å². The average Bonchev–Trinajstić information content (AvgIpc) is 2.68. The van der Waals surface area contributed by atoms with Crippen LogP contribution in [0, 0.1) is 5.82 Å². The highest BCUT2D eigenvalue weighted by molar-refractivity contribution is 7.90. The van der Waals surface area contributed by atoms with E-state index in [0.717, 1.165) is 6.26 Å². The third kappa shape index (κ3) is 4.33. The molecule has 0 aliphatic carbocycles. The molecule has 0 unspecified atom stereocenters. The molecule has 1 N–H and O–H groups in total. The molecule has 3 rings (SSSR count). The number of aromatic nitrogens is 1. The van der Waals surface area contributed by atoms with Crippen LogP contribution in [0.25, 0.3) is 10.8 Å². The Kier molecular flexibility index (Phi) is 5.77. The number of amides is 2. The van der Waals surface area contributed by atoms with Gasteiger partial charge in [-0.1, -0.05) is 35.9 Å². The van der Waals surface area contributed by atoms with E-state index in [-0.39, 0.29) is 10.0 Å². The van der Waals surface area contributed by atoms with Gasteiger partial charge in [-0.3, -0.25) is 0 Å². The predicted octanol–water partition coefficient (Wildman–Crippen LogP) is 4.66. The maximum Gasteiger partial charge on any atom is 0.322 e. The SMILES string of the molecule is C[C@@H](c1cnc(S(C)(=O)=O)c2ccccc12)N(C)C(=O)Nc1ccc(F)c(Cl)c1. The summed E-state index contributed by atoms with van der Waals surface area (Å²) in [5, 5.41) is 3.76. The Morgan fingerprint density at radius 2 is 1.86 bits per heavy atom. The topological polar surface area (TPSA) is 79.4 Å². The fourth-order valence-corrected chi connectivity index (χ4v) is 3.99. The lowest BCUT2D eigenvalue weighted by molar-refractivity contribution is 0.208. The van der Waals surface area contributed by atoms with Gasteiger partial charge >= 0.3 is 6.03 Å². The zero-order valence-corrected chi connectivity index (χ0v) is 17.6. The maximum atomic E-state index is 13.3. The predicted molar refractivity (Wildman–Crippen MR) is 111 cm³/mol. The minimum atomic E-state index is -3.50. The number of carbonyl (C=O) groups excluding carboxylic acids is 1. The van der Waals surface area contributed by atoms with Crippen molar-refractivity contribution in [2.24, 2.45) is 0 Å². The number of anilines is 1. The lowest BCUT2D eigenvalue weighted by atomic mass is 10.0. The van der Waals surface area contributed by atoms with Crippen LogP contribution in [0.15, 0.2) is 53.7 Å². The zero-order valence-electron chi connectivity index (χ0n) is 16.0. The molecule has 1 heterocycles. The Hall–Kier alpha value is -2.71. The number of hydrogen-bond acceptors (Lipinski definition) is 4. The van der Waals surface area contributed by atoms with Gasteiger partial charge in [0.05, 0.1) is 11.1 Å². The Bertz CT molecular complexity index is 1200. The van der Waals surface area contributed by atoms with Crippen LogP contribution in [0.4, 0.5) is 14.9 Å². The monoisotopic (exact) mass is 435 g/mol. The summed E-state index contributed by atoms with van der Waals surface area (Å²) >= 11 is 5.75. The molecule has 0 aliphatic rings. The zero-order chi connectivity index (χ0) is 21.3. The molecule has 0 bridgehead atoms. The average molecular weight is 436 g/mol. The second-order valence-electron chi connectivity index (χ2n) is 6.68. The van der Waals surface area contributed by atoms with Crippen molar-refractivity contribution in [3.05, 3.63) is 65.1 Å². The van der Waals surface area contributed by atoms with Crippen LogP contribution in [-0.4, -0.2) is 37.6 Å². The van der Waals surface area contributed by atoms with Crippen molar-refractivity contribution >= 4 is 43.9 Å². The molecule has 0 fully saturated rings. The largest absolute Gasteiger partial charge is 0.322 e. The van der Waals surface area contributed by atoms with Crippen LogP contribution in [0.2, 0.25) is 5.02 Å². The number of hydrogen-bond donors (Lipinski definition) is 1. The van der Waals surface area contributed by atoms with Gasteiger partial charge in [0.2, 0.25) is 0 Å². The van der Waals surface area contributed by atoms with Crippen LogP contribution in [0.1, 0.15) is 18.5 Å². The molecule has 0 spiro atoms. The van der Waals surface area contributed by atoms with Crippen molar-refractivity contribution in [3.8, 4) is 0 Å². The third-order valence-electron chi connectivity index (χ3n) is 4.66. The minimum Gasteiger partial charge on any atom is -0.321 e.